The maximum Gasteiger partial charge on any atom is 0.133 e. The van der Waals surface area contributed by atoms with Crippen molar-refractivity contribution in [3.63, 3.8) is 0 Å². The zero-order chi connectivity index (χ0) is 11.3. The summed E-state index contributed by atoms with van der Waals surface area (Å²) in [5.74, 6) is 2.27. The van der Waals surface area contributed by atoms with Crippen molar-refractivity contribution >= 4 is 5.82 Å². The fraction of sp³-hybridized carbons (Fsp3) is 0.667. The van der Waals surface area contributed by atoms with E-state index in [4.69, 9.17) is 0 Å². The van der Waals surface area contributed by atoms with Gasteiger partial charge in [0.1, 0.15) is 11.6 Å². The van der Waals surface area contributed by atoms with Crippen molar-refractivity contribution in [3.8, 4) is 0 Å². The average molecular weight is 207 g/mol. The number of aryl methyl sites for hydroxylation is 1. The Balaban J connectivity index is 2.71. The number of anilines is 1. The largest absolute Gasteiger partial charge is 0.370 e. The molecule has 0 aromatic carbocycles. The van der Waals surface area contributed by atoms with Gasteiger partial charge in [-0.2, -0.15) is 0 Å². The van der Waals surface area contributed by atoms with Gasteiger partial charge in [-0.05, 0) is 13.3 Å². The van der Waals surface area contributed by atoms with Crippen molar-refractivity contribution in [1.82, 2.24) is 9.97 Å². The molecule has 1 heterocycles. The molecule has 3 heteroatoms. The van der Waals surface area contributed by atoms with Gasteiger partial charge in [0.15, 0.2) is 0 Å². The Kier molecular flexibility index (Phi) is 4.53. The van der Waals surface area contributed by atoms with Crippen LogP contribution in [0.25, 0.3) is 0 Å². The minimum atomic E-state index is 0.386. The van der Waals surface area contributed by atoms with Crippen LogP contribution in [0.2, 0.25) is 0 Å². The summed E-state index contributed by atoms with van der Waals surface area (Å²) in [5, 5.41) is 3.33. The van der Waals surface area contributed by atoms with Crippen LogP contribution < -0.4 is 5.32 Å². The van der Waals surface area contributed by atoms with E-state index in [1.165, 1.54) is 12.8 Å². The van der Waals surface area contributed by atoms with Crippen molar-refractivity contribution in [2.45, 2.75) is 46.5 Å². The van der Waals surface area contributed by atoms with E-state index in [2.05, 4.69) is 36.1 Å². The van der Waals surface area contributed by atoms with E-state index in [0.29, 0.717) is 5.92 Å². The maximum absolute atomic E-state index is 4.48. The number of hydrogen-bond donors (Lipinski definition) is 1. The third kappa shape index (κ3) is 3.86. The molecule has 0 aliphatic carbocycles. The second-order valence-electron chi connectivity index (χ2n) is 4.19. The van der Waals surface area contributed by atoms with E-state index in [-0.39, 0.29) is 0 Å². The van der Waals surface area contributed by atoms with Crippen LogP contribution in [-0.2, 0) is 0 Å². The summed E-state index contributed by atoms with van der Waals surface area (Å²) in [6, 6.07) is 2.00. The van der Waals surface area contributed by atoms with Gasteiger partial charge < -0.3 is 5.32 Å². The molecule has 0 amide bonds. The lowest BCUT2D eigenvalue weighted by Gasteiger charge is -2.09. The number of unbranched alkanes of at least 4 members (excludes halogenated alkanes) is 1. The topological polar surface area (TPSA) is 37.8 Å². The van der Waals surface area contributed by atoms with Crippen LogP contribution in [0, 0.1) is 6.92 Å². The van der Waals surface area contributed by atoms with Gasteiger partial charge in [-0.15, -0.1) is 0 Å². The monoisotopic (exact) mass is 207 g/mol. The molecule has 0 unspecified atom stereocenters. The van der Waals surface area contributed by atoms with E-state index in [1.54, 1.807) is 0 Å². The molecule has 3 nitrogen and oxygen atoms in total. The zero-order valence-corrected chi connectivity index (χ0v) is 10.2. The van der Waals surface area contributed by atoms with Crippen LogP contribution in [0.15, 0.2) is 6.07 Å². The van der Waals surface area contributed by atoms with Crippen LogP contribution in [0.4, 0.5) is 5.82 Å². The van der Waals surface area contributed by atoms with Crippen molar-refractivity contribution < 1.29 is 0 Å². The molecule has 1 N–H and O–H groups in total. The lowest BCUT2D eigenvalue weighted by molar-refractivity contribution is 0.763. The van der Waals surface area contributed by atoms with Gasteiger partial charge in [0.05, 0.1) is 0 Å². The first-order valence-corrected chi connectivity index (χ1v) is 5.73. The summed E-state index contributed by atoms with van der Waals surface area (Å²) >= 11 is 0. The van der Waals surface area contributed by atoms with Crippen molar-refractivity contribution in [2.24, 2.45) is 0 Å². The number of rotatable bonds is 5. The fourth-order valence-electron chi connectivity index (χ4n) is 1.33. The number of nitrogens with one attached hydrogen (secondary N) is 1. The summed E-state index contributed by atoms with van der Waals surface area (Å²) in [5.41, 5.74) is 1.03. The predicted octanol–water partition coefficient (Wildman–Crippen LogP) is 3.12. The summed E-state index contributed by atoms with van der Waals surface area (Å²) in [4.78, 5) is 8.89. The van der Waals surface area contributed by atoms with E-state index in [0.717, 1.165) is 23.9 Å². The van der Waals surface area contributed by atoms with Gasteiger partial charge in [0, 0.05) is 24.2 Å². The summed E-state index contributed by atoms with van der Waals surface area (Å²) in [6.07, 6.45) is 2.38. The molecule has 0 aliphatic heterocycles. The molecule has 0 spiro atoms. The van der Waals surface area contributed by atoms with Gasteiger partial charge in [0.2, 0.25) is 0 Å². The van der Waals surface area contributed by atoms with Crippen molar-refractivity contribution in [1.29, 1.82) is 0 Å². The average Bonchev–Trinajstić information content (AvgIpc) is 2.17. The van der Waals surface area contributed by atoms with Crippen LogP contribution in [-0.4, -0.2) is 16.5 Å². The molecule has 0 saturated heterocycles. The van der Waals surface area contributed by atoms with Crippen molar-refractivity contribution in [2.75, 3.05) is 11.9 Å². The molecular formula is C12H21N3. The third-order valence-electron chi connectivity index (χ3n) is 2.22. The lowest BCUT2D eigenvalue weighted by Crippen LogP contribution is -2.07. The molecule has 1 rings (SSSR count). The first kappa shape index (κ1) is 12.0. The Bertz CT molecular complexity index is 308. The van der Waals surface area contributed by atoms with Gasteiger partial charge in [0.25, 0.3) is 0 Å². The fourth-order valence-corrected chi connectivity index (χ4v) is 1.33. The number of hydrogen-bond acceptors (Lipinski definition) is 3. The van der Waals surface area contributed by atoms with Gasteiger partial charge in [-0.1, -0.05) is 27.2 Å². The van der Waals surface area contributed by atoms with E-state index in [9.17, 15) is 0 Å². The Labute approximate surface area is 92.3 Å². The summed E-state index contributed by atoms with van der Waals surface area (Å²) in [6.45, 7) is 9.42. The lowest BCUT2D eigenvalue weighted by atomic mass is 10.2. The molecule has 15 heavy (non-hydrogen) atoms. The maximum atomic E-state index is 4.48. The third-order valence-corrected chi connectivity index (χ3v) is 2.22. The SMILES string of the molecule is CCCCNc1cc(C)nc(C(C)C)n1. The molecule has 0 bridgehead atoms. The Hall–Kier alpha value is -1.12. The van der Waals surface area contributed by atoms with Gasteiger partial charge in [-0.25, -0.2) is 9.97 Å². The molecule has 84 valence electrons. The quantitative estimate of drug-likeness (QED) is 0.754. The van der Waals surface area contributed by atoms with Gasteiger partial charge in [-0.3, -0.25) is 0 Å². The first-order valence-electron chi connectivity index (χ1n) is 5.73. The smallest absolute Gasteiger partial charge is 0.133 e. The molecule has 1 aromatic rings. The zero-order valence-electron chi connectivity index (χ0n) is 10.2. The van der Waals surface area contributed by atoms with Crippen LogP contribution in [0.1, 0.15) is 51.0 Å². The first-order chi connectivity index (χ1) is 7.13. The highest BCUT2D eigenvalue weighted by atomic mass is 15.0. The van der Waals surface area contributed by atoms with E-state index < -0.39 is 0 Å². The number of aromatic nitrogens is 2. The summed E-state index contributed by atoms with van der Waals surface area (Å²) < 4.78 is 0. The van der Waals surface area contributed by atoms with E-state index in [1.807, 2.05) is 13.0 Å². The normalized spacial score (nSPS) is 10.7. The minimum Gasteiger partial charge on any atom is -0.370 e. The molecular weight excluding hydrogens is 186 g/mol. The molecule has 0 radical (unpaired) electrons. The molecule has 0 atom stereocenters. The Morgan fingerprint density at radius 1 is 1.33 bits per heavy atom. The molecule has 1 aromatic heterocycles. The molecule has 0 saturated carbocycles. The molecule has 0 fully saturated rings. The highest BCUT2D eigenvalue weighted by molar-refractivity contribution is 5.35. The summed E-state index contributed by atoms with van der Waals surface area (Å²) in [7, 11) is 0. The molecule has 0 aliphatic rings. The van der Waals surface area contributed by atoms with Crippen LogP contribution >= 0.6 is 0 Å². The predicted molar refractivity (Wildman–Crippen MR) is 64.3 cm³/mol. The van der Waals surface area contributed by atoms with Crippen LogP contribution in [0.3, 0.4) is 0 Å². The highest BCUT2D eigenvalue weighted by Gasteiger charge is 2.05. The van der Waals surface area contributed by atoms with Crippen molar-refractivity contribution in [3.05, 3.63) is 17.6 Å². The number of nitrogens with zero attached hydrogens (tertiary/aromatic N) is 2. The minimum absolute atomic E-state index is 0.386. The Morgan fingerprint density at radius 3 is 2.67 bits per heavy atom. The van der Waals surface area contributed by atoms with Gasteiger partial charge >= 0.3 is 0 Å². The Morgan fingerprint density at radius 2 is 2.07 bits per heavy atom. The highest BCUT2D eigenvalue weighted by Crippen LogP contribution is 2.13. The van der Waals surface area contributed by atoms with E-state index >= 15 is 0 Å². The second-order valence-corrected chi connectivity index (χ2v) is 4.19. The standard InChI is InChI=1S/C12H21N3/c1-5-6-7-13-11-8-10(4)14-12(15-11)9(2)3/h8-9H,5-7H2,1-4H3,(H,13,14,15). The van der Waals surface area contributed by atoms with Crippen LogP contribution in [0.5, 0.6) is 0 Å². The second kappa shape index (κ2) is 5.69.